The predicted molar refractivity (Wildman–Crippen MR) is 87.4 cm³/mol. The second kappa shape index (κ2) is 9.54. The maximum Gasteiger partial charge on any atom is 0.390 e. The Hall–Kier alpha value is -1.73. The number of halogens is 3. The van der Waals surface area contributed by atoms with E-state index in [4.69, 9.17) is 9.47 Å². The minimum Gasteiger partial charge on any atom is -0.493 e. The summed E-state index contributed by atoms with van der Waals surface area (Å²) in [6.45, 7) is 1.80. The van der Waals surface area contributed by atoms with Crippen molar-refractivity contribution in [3.8, 4) is 11.5 Å². The largest absolute Gasteiger partial charge is 0.493 e. The predicted octanol–water partition coefficient (Wildman–Crippen LogP) is 3.35. The molecule has 1 N–H and O–H groups in total. The molecule has 1 unspecified atom stereocenters. The van der Waals surface area contributed by atoms with Gasteiger partial charge in [-0.15, -0.1) is 0 Å². The van der Waals surface area contributed by atoms with E-state index in [2.05, 4.69) is 0 Å². The Kier molecular flexibility index (Phi) is 8.07. The first-order valence-corrected chi connectivity index (χ1v) is 7.62. The van der Waals surface area contributed by atoms with Crippen molar-refractivity contribution in [2.75, 3.05) is 33.9 Å². The van der Waals surface area contributed by atoms with Crippen molar-refractivity contribution in [3.05, 3.63) is 29.8 Å². The number of nitrogens with zero attached hydrogens (tertiary/aromatic N) is 1. The molecule has 0 aliphatic rings. The molecule has 4 nitrogen and oxygen atoms in total. The van der Waals surface area contributed by atoms with Crippen molar-refractivity contribution in [1.29, 1.82) is 0 Å². The molecule has 1 aromatic rings. The zero-order valence-corrected chi connectivity index (χ0v) is 14.1. The van der Waals surface area contributed by atoms with Crippen LogP contribution in [0.1, 0.15) is 18.9 Å². The van der Waals surface area contributed by atoms with E-state index in [1.807, 2.05) is 25.1 Å². The fourth-order valence-corrected chi connectivity index (χ4v) is 2.11. The Labute approximate surface area is 140 Å². The van der Waals surface area contributed by atoms with E-state index in [0.717, 1.165) is 5.56 Å². The molecule has 0 bridgehead atoms. The highest BCUT2D eigenvalue weighted by Crippen LogP contribution is 2.28. The van der Waals surface area contributed by atoms with E-state index in [-0.39, 0.29) is 19.7 Å². The number of hydrogen-bond donors (Lipinski definition) is 1. The first-order valence-electron chi connectivity index (χ1n) is 7.62. The second-order valence-electron chi connectivity index (χ2n) is 5.50. The van der Waals surface area contributed by atoms with Gasteiger partial charge in [-0.2, -0.15) is 13.2 Å². The van der Waals surface area contributed by atoms with Gasteiger partial charge >= 0.3 is 6.18 Å². The average molecular weight is 347 g/mol. The molecule has 136 valence electrons. The Balaban J connectivity index is 2.50. The SMILES string of the molecule is CC=Cc1ccc(OCC(O)CN(C)CCC(F)(F)F)c(OC)c1. The zero-order valence-electron chi connectivity index (χ0n) is 14.1. The zero-order chi connectivity index (χ0) is 18.2. The smallest absolute Gasteiger partial charge is 0.390 e. The van der Waals surface area contributed by atoms with Crippen LogP contribution < -0.4 is 9.47 Å². The molecule has 0 spiro atoms. The van der Waals surface area contributed by atoms with Crippen molar-refractivity contribution in [1.82, 2.24) is 4.90 Å². The fraction of sp³-hybridized carbons (Fsp3) is 0.529. The lowest BCUT2D eigenvalue weighted by Crippen LogP contribution is -2.35. The summed E-state index contributed by atoms with van der Waals surface area (Å²) in [6.07, 6.45) is -2.19. The topological polar surface area (TPSA) is 41.9 Å². The van der Waals surface area contributed by atoms with Crippen LogP contribution in [-0.4, -0.2) is 56.1 Å². The van der Waals surface area contributed by atoms with Crippen LogP contribution in [0.3, 0.4) is 0 Å². The molecule has 0 saturated heterocycles. The first kappa shape index (κ1) is 20.3. The molecular weight excluding hydrogens is 323 g/mol. The quantitative estimate of drug-likeness (QED) is 0.744. The average Bonchev–Trinajstić information content (AvgIpc) is 2.51. The molecule has 0 radical (unpaired) electrons. The minimum atomic E-state index is -4.20. The summed E-state index contributed by atoms with van der Waals surface area (Å²) in [6, 6.07) is 5.38. The fourth-order valence-electron chi connectivity index (χ4n) is 2.11. The maximum absolute atomic E-state index is 12.2. The number of aliphatic hydroxyl groups excluding tert-OH is 1. The third-order valence-corrected chi connectivity index (χ3v) is 3.28. The summed E-state index contributed by atoms with van der Waals surface area (Å²) < 4.78 is 47.3. The van der Waals surface area contributed by atoms with Crippen molar-refractivity contribution in [3.63, 3.8) is 0 Å². The number of hydrogen-bond acceptors (Lipinski definition) is 4. The highest BCUT2D eigenvalue weighted by atomic mass is 19.4. The van der Waals surface area contributed by atoms with Gasteiger partial charge in [-0.25, -0.2) is 0 Å². The van der Waals surface area contributed by atoms with Gasteiger partial charge in [0.25, 0.3) is 0 Å². The molecule has 1 aromatic carbocycles. The van der Waals surface area contributed by atoms with Crippen LogP contribution in [0.4, 0.5) is 13.2 Å². The molecule has 0 amide bonds. The molecule has 1 rings (SSSR count). The monoisotopic (exact) mass is 347 g/mol. The molecule has 1 atom stereocenters. The van der Waals surface area contributed by atoms with Crippen molar-refractivity contribution < 1.29 is 27.8 Å². The molecule has 0 heterocycles. The molecule has 0 saturated carbocycles. The van der Waals surface area contributed by atoms with Gasteiger partial charge in [-0.3, -0.25) is 0 Å². The van der Waals surface area contributed by atoms with E-state index in [1.165, 1.54) is 19.1 Å². The van der Waals surface area contributed by atoms with Crippen LogP contribution in [0, 0.1) is 0 Å². The van der Waals surface area contributed by atoms with E-state index in [9.17, 15) is 18.3 Å². The Morgan fingerprint density at radius 2 is 2.00 bits per heavy atom. The number of aliphatic hydroxyl groups is 1. The summed E-state index contributed by atoms with van der Waals surface area (Å²) in [7, 11) is 3.05. The number of alkyl halides is 3. The van der Waals surface area contributed by atoms with E-state index < -0.39 is 18.7 Å². The van der Waals surface area contributed by atoms with Crippen LogP contribution in [0.2, 0.25) is 0 Å². The van der Waals surface area contributed by atoms with Gasteiger partial charge in [0.05, 0.1) is 13.5 Å². The number of benzene rings is 1. The minimum absolute atomic E-state index is 0.0321. The molecule has 0 aliphatic carbocycles. The lowest BCUT2D eigenvalue weighted by atomic mass is 10.2. The first-order chi connectivity index (χ1) is 11.2. The molecule has 0 aromatic heterocycles. The Bertz CT molecular complexity index is 532. The van der Waals surface area contributed by atoms with Gasteiger partial charge in [0.15, 0.2) is 11.5 Å². The number of likely N-dealkylation sites (N-methyl/N-ethyl adjacent to an activating group) is 1. The van der Waals surface area contributed by atoms with Crippen molar-refractivity contribution in [2.24, 2.45) is 0 Å². The van der Waals surface area contributed by atoms with Gasteiger partial charge in [0.1, 0.15) is 12.7 Å². The summed E-state index contributed by atoms with van der Waals surface area (Å²) in [5.41, 5.74) is 0.953. The van der Waals surface area contributed by atoms with Gasteiger partial charge in [0, 0.05) is 13.1 Å². The summed E-state index contributed by atoms with van der Waals surface area (Å²) in [4.78, 5) is 1.42. The van der Waals surface area contributed by atoms with Gasteiger partial charge in [0.2, 0.25) is 0 Å². The molecule has 7 heteroatoms. The number of rotatable bonds is 9. The lowest BCUT2D eigenvalue weighted by Gasteiger charge is -2.21. The molecule has 24 heavy (non-hydrogen) atoms. The summed E-state index contributed by atoms with van der Waals surface area (Å²) in [5.74, 6) is 1.01. The Morgan fingerprint density at radius 1 is 1.29 bits per heavy atom. The van der Waals surface area contributed by atoms with Crippen LogP contribution >= 0.6 is 0 Å². The van der Waals surface area contributed by atoms with E-state index >= 15 is 0 Å². The summed E-state index contributed by atoms with van der Waals surface area (Å²) >= 11 is 0. The maximum atomic E-state index is 12.2. The van der Waals surface area contributed by atoms with E-state index in [0.29, 0.717) is 11.5 Å². The van der Waals surface area contributed by atoms with Crippen LogP contribution in [0.15, 0.2) is 24.3 Å². The standard InChI is InChI=1S/C17H24F3NO3/c1-4-5-13-6-7-15(16(10-13)23-3)24-12-14(22)11-21(2)9-8-17(18,19)20/h4-7,10,14,22H,8-9,11-12H2,1-3H3. The number of allylic oxidation sites excluding steroid dienone is 1. The third-order valence-electron chi connectivity index (χ3n) is 3.28. The molecule has 0 fully saturated rings. The highest BCUT2D eigenvalue weighted by Gasteiger charge is 2.27. The highest BCUT2D eigenvalue weighted by molar-refractivity contribution is 5.55. The van der Waals surface area contributed by atoms with Crippen LogP contribution in [-0.2, 0) is 0 Å². The summed E-state index contributed by atoms with van der Waals surface area (Å²) in [5, 5.41) is 9.91. The van der Waals surface area contributed by atoms with Crippen molar-refractivity contribution in [2.45, 2.75) is 25.6 Å². The lowest BCUT2D eigenvalue weighted by molar-refractivity contribution is -0.138. The van der Waals surface area contributed by atoms with Crippen LogP contribution in [0.5, 0.6) is 11.5 Å². The third kappa shape index (κ3) is 7.70. The number of methoxy groups -OCH3 is 1. The van der Waals surface area contributed by atoms with Crippen molar-refractivity contribution >= 4 is 6.08 Å². The molecular formula is C17H24F3NO3. The van der Waals surface area contributed by atoms with Crippen LogP contribution in [0.25, 0.3) is 6.08 Å². The second-order valence-corrected chi connectivity index (χ2v) is 5.50. The Morgan fingerprint density at radius 3 is 2.58 bits per heavy atom. The normalized spacial score (nSPS) is 13.5. The van der Waals surface area contributed by atoms with Gasteiger partial charge in [-0.05, 0) is 31.7 Å². The van der Waals surface area contributed by atoms with E-state index in [1.54, 1.807) is 12.1 Å². The number of ether oxygens (including phenoxy) is 2. The van der Waals surface area contributed by atoms with Gasteiger partial charge < -0.3 is 19.5 Å². The van der Waals surface area contributed by atoms with Gasteiger partial charge in [-0.1, -0.05) is 18.2 Å². The molecule has 0 aliphatic heterocycles.